The molecule has 0 N–H and O–H groups in total. The fraction of sp³-hybridized carbons (Fsp3) is 0.508. The molecule has 0 aliphatic carbocycles. The standard InChI is InChI=1S/C61H84O10P2/c1-19-20-21-22-23-40-24-26-41(27-25-40)69-72(66-18)30-28-67-54-46(32-42(62-14)36-50(54)58(2,3)4)47-33-43(63-15)37-51(59(5,6)7)55(47)68-29-31-73-70-56-48(34-44(64-16)38-52(56)60(8,9)10)49-35-45(65-17)39-53(57(49)71-73)61(11,12)13/h24-27,32-39H,19-23,28-31H2,1-18H3. The van der Waals surface area contributed by atoms with Gasteiger partial charge in [-0.25, -0.2) is 0 Å². The first-order chi connectivity index (χ1) is 34.4. The van der Waals surface area contributed by atoms with E-state index in [1.165, 1.54) is 31.2 Å². The molecule has 1 aromatic heterocycles. The van der Waals surface area contributed by atoms with Crippen molar-refractivity contribution < 1.29 is 45.9 Å². The van der Waals surface area contributed by atoms with Gasteiger partial charge in [-0.15, -0.1) is 0 Å². The predicted molar refractivity (Wildman–Crippen MR) is 304 cm³/mol. The number of benzene rings is 5. The van der Waals surface area contributed by atoms with Gasteiger partial charge in [0, 0.05) is 51.3 Å². The highest BCUT2D eigenvalue weighted by Gasteiger charge is 2.31. The molecule has 0 saturated heterocycles. The highest BCUT2D eigenvalue weighted by molar-refractivity contribution is 7.47. The molecule has 398 valence electrons. The van der Waals surface area contributed by atoms with Crippen LogP contribution in [0.4, 0.5) is 0 Å². The molecule has 0 saturated carbocycles. The average molecular weight is 1040 g/mol. The summed E-state index contributed by atoms with van der Waals surface area (Å²) in [5.74, 6) is 5.12. The van der Waals surface area contributed by atoms with Crippen LogP contribution in [0.2, 0.25) is 0 Å². The first-order valence-electron chi connectivity index (χ1n) is 25.8. The molecule has 12 heteroatoms. The number of methoxy groups -OCH3 is 4. The van der Waals surface area contributed by atoms with Crippen LogP contribution in [0.25, 0.3) is 33.1 Å². The van der Waals surface area contributed by atoms with Gasteiger partial charge in [0.1, 0.15) is 58.0 Å². The quantitative estimate of drug-likeness (QED) is 0.0512. The molecule has 0 radical (unpaired) electrons. The molecule has 0 fully saturated rings. The Bertz CT molecular complexity index is 2750. The van der Waals surface area contributed by atoms with Gasteiger partial charge in [0.25, 0.3) is 0 Å². The van der Waals surface area contributed by atoms with Crippen LogP contribution < -0.4 is 32.9 Å². The third-order valence-corrected chi connectivity index (χ3v) is 15.8. The number of hydrogen-bond acceptors (Lipinski definition) is 10. The van der Waals surface area contributed by atoms with Gasteiger partial charge in [-0.2, -0.15) is 0 Å². The lowest BCUT2D eigenvalue weighted by molar-refractivity contribution is 0.314. The van der Waals surface area contributed by atoms with Gasteiger partial charge in [0.2, 0.25) is 16.4 Å². The van der Waals surface area contributed by atoms with E-state index in [1.54, 1.807) is 35.5 Å². The molecule has 0 amide bonds. The van der Waals surface area contributed by atoms with Gasteiger partial charge in [0.05, 0.1) is 47.4 Å². The number of fused-ring (bicyclic) bond motifs is 3. The Balaban J connectivity index is 1.45. The second-order valence-electron chi connectivity index (χ2n) is 22.9. The van der Waals surface area contributed by atoms with Crippen molar-refractivity contribution in [3.8, 4) is 51.4 Å². The largest absolute Gasteiger partial charge is 0.497 e. The van der Waals surface area contributed by atoms with Crippen molar-refractivity contribution in [1.29, 1.82) is 0 Å². The van der Waals surface area contributed by atoms with Crippen LogP contribution in [0, 0.1) is 0 Å². The second kappa shape index (κ2) is 24.1. The molecule has 10 nitrogen and oxygen atoms in total. The second-order valence-corrected chi connectivity index (χ2v) is 26.1. The third kappa shape index (κ3) is 14.2. The van der Waals surface area contributed by atoms with Crippen molar-refractivity contribution in [2.75, 3.05) is 54.9 Å². The number of unbranched alkanes of at least 4 members (excludes halogenated alkanes) is 3. The van der Waals surface area contributed by atoms with Crippen LogP contribution >= 0.6 is 16.4 Å². The summed E-state index contributed by atoms with van der Waals surface area (Å²) < 4.78 is 64.8. The summed E-state index contributed by atoms with van der Waals surface area (Å²) in [4.78, 5) is 0. The van der Waals surface area contributed by atoms with Crippen molar-refractivity contribution in [3.05, 3.63) is 101 Å². The van der Waals surface area contributed by atoms with Gasteiger partial charge >= 0.3 is 0 Å². The minimum Gasteiger partial charge on any atom is -0.497 e. The lowest BCUT2D eigenvalue weighted by atomic mass is 9.81. The zero-order chi connectivity index (χ0) is 53.5. The van der Waals surface area contributed by atoms with Gasteiger partial charge in [-0.3, -0.25) is 0 Å². The van der Waals surface area contributed by atoms with Crippen LogP contribution in [-0.2, 0) is 38.8 Å². The Labute approximate surface area is 439 Å². The number of hydrogen-bond donors (Lipinski definition) is 0. The van der Waals surface area contributed by atoms with Crippen LogP contribution in [0.5, 0.6) is 40.2 Å². The maximum absolute atomic E-state index is 7.19. The molecule has 1 unspecified atom stereocenters. The fourth-order valence-corrected chi connectivity index (χ4v) is 11.1. The van der Waals surface area contributed by atoms with E-state index in [4.69, 9.17) is 45.9 Å². The Morgan fingerprint density at radius 2 is 0.904 bits per heavy atom. The SMILES string of the molecule is CCCCCCc1ccc(OP(CCOc2c(-c3cc(OC)cc(C(C)(C)C)c3OCCp3oc4c(C(C)(C)C)cc(OC)cc4c4cc(OC)cc(C(C)(C)C)c4o3)cc(OC)cc2C(C)(C)C)OC)cc1. The summed E-state index contributed by atoms with van der Waals surface area (Å²) in [6, 6.07) is 24.9. The van der Waals surface area contributed by atoms with Crippen molar-refractivity contribution in [3.63, 3.8) is 0 Å². The zero-order valence-corrected chi connectivity index (χ0v) is 49.1. The number of aryl methyl sites for hydroxylation is 1. The number of ether oxygens (including phenoxy) is 6. The summed E-state index contributed by atoms with van der Waals surface area (Å²) in [6.45, 7) is 29.2. The van der Waals surface area contributed by atoms with Gasteiger partial charge in [-0.05, 0) is 101 Å². The Morgan fingerprint density at radius 3 is 1.32 bits per heavy atom. The van der Waals surface area contributed by atoms with E-state index >= 15 is 0 Å². The first kappa shape index (κ1) is 57.3. The van der Waals surface area contributed by atoms with Crippen LogP contribution in [0.1, 0.15) is 144 Å². The van der Waals surface area contributed by atoms with Crippen LogP contribution in [-0.4, -0.2) is 54.9 Å². The van der Waals surface area contributed by atoms with Crippen molar-refractivity contribution in [2.45, 2.75) is 150 Å². The lowest BCUT2D eigenvalue weighted by Gasteiger charge is -2.29. The molecule has 0 aliphatic rings. The maximum atomic E-state index is 7.19. The highest BCUT2D eigenvalue weighted by Crippen LogP contribution is 2.51. The van der Waals surface area contributed by atoms with Gasteiger partial charge < -0.3 is 45.9 Å². The van der Waals surface area contributed by atoms with E-state index in [1.807, 2.05) is 24.3 Å². The molecule has 0 bridgehead atoms. The van der Waals surface area contributed by atoms with Crippen LogP contribution in [0.15, 0.2) is 81.2 Å². The van der Waals surface area contributed by atoms with E-state index in [0.717, 1.165) is 84.7 Å². The molecule has 1 heterocycles. The summed E-state index contributed by atoms with van der Waals surface area (Å²) in [6.07, 6.45) is 7.01. The average Bonchev–Trinajstić information content (AvgIpc) is 3.49. The van der Waals surface area contributed by atoms with E-state index in [0.29, 0.717) is 36.2 Å². The Hall–Kier alpha value is -5.01. The number of rotatable bonds is 21. The first-order valence-corrected chi connectivity index (χ1v) is 28.5. The van der Waals surface area contributed by atoms with Gasteiger partial charge in [-0.1, -0.05) is 121 Å². The molecule has 6 aromatic rings. The minimum atomic E-state index is -1.61. The van der Waals surface area contributed by atoms with Crippen molar-refractivity contribution in [1.82, 2.24) is 0 Å². The lowest BCUT2D eigenvalue weighted by Crippen LogP contribution is -2.17. The monoisotopic (exact) mass is 1040 g/mol. The molecule has 73 heavy (non-hydrogen) atoms. The van der Waals surface area contributed by atoms with E-state index in [9.17, 15) is 0 Å². The Morgan fingerprint density at radius 1 is 0.479 bits per heavy atom. The normalized spacial score (nSPS) is 12.7. The van der Waals surface area contributed by atoms with E-state index in [-0.39, 0.29) is 28.3 Å². The fourth-order valence-electron chi connectivity index (χ4n) is 8.94. The molecule has 5 aromatic carbocycles. The van der Waals surface area contributed by atoms with Crippen LogP contribution in [0.3, 0.4) is 0 Å². The molecular weight excluding hydrogens is 955 g/mol. The predicted octanol–water partition coefficient (Wildman–Crippen LogP) is 17.8. The maximum Gasteiger partial charge on any atom is 0.233 e. The topological polar surface area (TPSA) is 100 Å². The zero-order valence-electron chi connectivity index (χ0n) is 47.3. The minimum absolute atomic E-state index is 0.280. The molecule has 1 atom stereocenters. The summed E-state index contributed by atoms with van der Waals surface area (Å²) in [7, 11) is 5.59. The van der Waals surface area contributed by atoms with Crippen molar-refractivity contribution in [2.24, 2.45) is 0 Å². The molecule has 0 aliphatic heterocycles. The summed E-state index contributed by atoms with van der Waals surface area (Å²) in [5, 5.41) is 1.79. The van der Waals surface area contributed by atoms with Crippen molar-refractivity contribution >= 4 is 38.3 Å². The van der Waals surface area contributed by atoms with E-state index < -0.39 is 16.4 Å². The van der Waals surface area contributed by atoms with Gasteiger partial charge in [0.15, 0.2) is 0 Å². The Kier molecular flexibility index (Phi) is 18.9. The molecule has 0 spiro atoms. The smallest absolute Gasteiger partial charge is 0.233 e. The van der Waals surface area contributed by atoms with E-state index in [2.05, 4.69) is 139 Å². The summed E-state index contributed by atoms with van der Waals surface area (Å²) >= 11 is 0. The molecule has 6 rings (SSSR count). The summed E-state index contributed by atoms with van der Waals surface area (Å²) in [5.41, 5.74) is 7.25. The highest BCUT2D eigenvalue weighted by atomic mass is 31.2. The molecular formula is C61H84O10P2. The third-order valence-electron chi connectivity index (χ3n) is 13.1.